The van der Waals surface area contributed by atoms with Crippen LogP contribution in [-0.4, -0.2) is 13.2 Å². The summed E-state index contributed by atoms with van der Waals surface area (Å²) >= 11 is 7.42. The molecule has 0 aliphatic rings. The predicted molar refractivity (Wildman–Crippen MR) is 227 cm³/mol. The third-order valence-electron chi connectivity index (χ3n) is 10.3. The zero-order valence-corrected chi connectivity index (χ0v) is 36.0. The standard InChI is InChI=1S/C46H76Br2O2/c1-4-6-8-10-12-14-16-18-19-21-23-25-27-29-35-49-45-33-31-43(47)37-41(45)36-42-38-44(48)32-34-46(42)50-39-40(3)30-28-26-24-22-20-17-15-13-11-9-7-5-2/h31-34,37-38,40H,4-30,35-36,39H2,1-3H3. The zero-order valence-electron chi connectivity index (χ0n) is 32.8. The van der Waals surface area contributed by atoms with Gasteiger partial charge in [0.2, 0.25) is 0 Å². The van der Waals surface area contributed by atoms with Gasteiger partial charge in [0.25, 0.3) is 0 Å². The highest BCUT2D eigenvalue weighted by Gasteiger charge is 2.13. The molecule has 0 saturated heterocycles. The van der Waals surface area contributed by atoms with E-state index >= 15 is 0 Å². The molecule has 50 heavy (non-hydrogen) atoms. The summed E-state index contributed by atoms with van der Waals surface area (Å²) in [5.74, 6) is 2.55. The minimum Gasteiger partial charge on any atom is -0.493 e. The molecule has 0 radical (unpaired) electrons. The first-order valence-electron chi connectivity index (χ1n) is 21.4. The molecule has 0 N–H and O–H groups in total. The second-order valence-electron chi connectivity index (χ2n) is 15.2. The molecule has 4 heteroatoms. The van der Waals surface area contributed by atoms with Crippen LogP contribution in [0.3, 0.4) is 0 Å². The second kappa shape index (κ2) is 31.5. The number of hydrogen-bond donors (Lipinski definition) is 0. The van der Waals surface area contributed by atoms with E-state index in [-0.39, 0.29) is 0 Å². The maximum Gasteiger partial charge on any atom is 0.122 e. The molecule has 0 bridgehead atoms. The van der Waals surface area contributed by atoms with Crippen LogP contribution in [0, 0.1) is 5.92 Å². The molecule has 0 heterocycles. The summed E-state index contributed by atoms with van der Waals surface area (Å²) in [6, 6.07) is 12.9. The Balaban J connectivity index is 1.65. The van der Waals surface area contributed by atoms with Crippen molar-refractivity contribution in [1.82, 2.24) is 0 Å². The minimum atomic E-state index is 0.560. The van der Waals surface area contributed by atoms with Crippen molar-refractivity contribution in [2.75, 3.05) is 13.2 Å². The van der Waals surface area contributed by atoms with E-state index in [1.54, 1.807) is 0 Å². The van der Waals surface area contributed by atoms with Crippen molar-refractivity contribution in [1.29, 1.82) is 0 Å². The van der Waals surface area contributed by atoms with E-state index in [1.165, 1.54) is 178 Å². The van der Waals surface area contributed by atoms with E-state index < -0.39 is 0 Å². The largest absolute Gasteiger partial charge is 0.493 e. The Kier molecular flexibility index (Phi) is 28.5. The summed E-state index contributed by atoms with van der Waals surface area (Å²) in [6.07, 6.45) is 38.1. The number of benzene rings is 2. The minimum absolute atomic E-state index is 0.560. The Morgan fingerprint density at radius 2 is 0.820 bits per heavy atom. The summed E-state index contributed by atoms with van der Waals surface area (Å²) < 4.78 is 15.0. The van der Waals surface area contributed by atoms with Gasteiger partial charge in [-0.2, -0.15) is 0 Å². The summed E-state index contributed by atoms with van der Waals surface area (Å²) in [7, 11) is 0. The lowest BCUT2D eigenvalue weighted by atomic mass is 10.0. The van der Waals surface area contributed by atoms with Gasteiger partial charge in [0.15, 0.2) is 0 Å². The summed E-state index contributed by atoms with van der Waals surface area (Å²) in [6.45, 7) is 8.49. The molecular formula is C46H76Br2O2. The van der Waals surface area contributed by atoms with Crippen molar-refractivity contribution >= 4 is 31.9 Å². The van der Waals surface area contributed by atoms with Gasteiger partial charge in [-0.05, 0) is 66.3 Å². The third-order valence-corrected chi connectivity index (χ3v) is 11.2. The summed E-state index contributed by atoms with van der Waals surface area (Å²) in [4.78, 5) is 0. The van der Waals surface area contributed by atoms with Crippen LogP contribution in [-0.2, 0) is 6.42 Å². The molecule has 0 fully saturated rings. The highest BCUT2D eigenvalue weighted by molar-refractivity contribution is 9.10. The fourth-order valence-corrected chi connectivity index (χ4v) is 7.80. The molecule has 0 aliphatic heterocycles. The predicted octanol–water partition coefficient (Wildman–Crippen LogP) is 16.8. The molecule has 0 amide bonds. The molecule has 2 nitrogen and oxygen atoms in total. The molecule has 2 aromatic carbocycles. The quantitative estimate of drug-likeness (QED) is 0.0655. The maximum absolute atomic E-state index is 6.47. The number of ether oxygens (including phenoxy) is 2. The van der Waals surface area contributed by atoms with Crippen LogP contribution in [0.15, 0.2) is 45.3 Å². The molecule has 2 aromatic rings. The monoisotopic (exact) mass is 818 g/mol. The first-order valence-corrected chi connectivity index (χ1v) is 22.9. The van der Waals surface area contributed by atoms with Gasteiger partial charge in [-0.1, -0.05) is 213 Å². The van der Waals surface area contributed by atoms with Gasteiger partial charge in [0, 0.05) is 15.4 Å². The van der Waals surface area contributed by atoms with Crippen LogP contribution >= 0.6 is 31.9 Å². The van der Waals surface area contributed by atoms with E-state index in [9.17, 15) is 0 Å². The van der Waals surface area contributed by atoms with Crippen LogP contribution in [0.5, 0.6) is 11.5 Å². The van der Waals surface area contributed by atoms with Crippen LogP contribution in [0.25, 0.3) is 0 Å². The van der Waals surface area contributed by atoms with Crippen molar-refractivity contribution in [3.05, 3.63) is 56.5 Å². The first-order chi connectivity index (χ1) is 24.5. The number of hydrogen-bond acceptors (Lipinski definition) is 2. The Labute approximate surface area is 327 Å². The lowest BCUT2D eigenvalue weighted by molar-refractivity contribution is 0.247. The van der Waals surface area contributed by atoms with E-state index in [2.05, 4.69) is 89.0 Å². The Morgan fingerprint density at radius 3 is 1.24 bits per heavy atom. The van der Waals surface area contributed by atoms with Gasteiger partial charge < -0.3 is 9.47 Å². The molecule has 0 spiro atoms. The van der Waals surface area contributed by atoms with Gasteiger partial charge in [-0.25, -0.2) is 0 Å². The van der Waals surface area contributed by atoms with Crippen molar-refractivity contribution in [3.8, 4) is 11.5 Å². The van der Waals surface area contributed by atoms with Crippen LogP contribution < -0.4 is 9.47 Å². The molecule has 0 aliphatic carbocycles. The zero-order chi connectivity index (χ0) is 35.9. The number of halogens is 2. The Hall–Kier alpha value is -1.00. The highest BCUT2D eigenvalue weighted by atomic mass is 79.9. The van der Waals surface area contributed by atoms with E-state index in [0.29, 0.717) is 5.92 Å². The first kappa shape index (κ1) is 45.2. The fraction of sp³-hybridized carbons (Fsp3) is 0.739. The normalized spacial score (nSPS) is 12.0. The van der Waals surface area contributed by atoms with Crippen LogP contribution in [0.4, 0.5) is 0 Å². The number of rotatable bonds is 34. The highest BCUT2D eigenvalue weighted by Crippen LogP contribution is 2.32. The van der Waals surface area contributed by atoms with Gasteiger partial charge in [-0.3, -0.25) is 0 Å². The van der Waals surface area contributed by atoms with Crippen molar-refractivity contribution in [2.45, 2.75) is 201 Å². The number of unbranched alkanes of at least 4 members (excludes halogenated alkanes) is 24. The van der Waals surface area contributed by atoms with Gasteiger partial charge >= 0.3 is 0 Å². The molecule has 2 rings (SSSR count). The third kappa shape index (κ3) is 23.5. The molecule has 1 unspecified atom stereocenters. The molecular weight excluding hydrogens is 744 g/mol. The molecule has 0 aromatic heterocycles. The summed E-state index contributed by atoms with van der Waals surface area (Å²) in [5.41, 5.74) is 2.41. The topological polar surface area (TPSA) is 18.5 Å². The van der Waals surface area contributed by atoms with Crippen LogP contribution in [0.2, 0.25) is 0 Å². The molecule has 286 valence electrons. The average molecular weight is 821 g/mol. The Morgan fingerprint density at radius 1 is 0.460 bits per heavy atom. The van der Waals surface area contributed by atoms with Crippen LogP contribution in [0.1, 0.15) is 205 Å². The fourth-order valence-electron chi connectivity index (χ4n) is 6.99. The van der Waals surface area contributed by atoms with E-state index in [1.807, 2.05) is 0 Å². The second-order valence-corrected chi connectivity index (χ2v) is 17.1. The summed E-state index contributed by atoms with van der Waals surface area (Å²) in [5, 5.41) is 0. The van der Waals surface area contributed by atoms with Crippen molar-refractivity contribution < 1.29 is 9.47 Å². The SMILES string of the molecule is CCCCCCCCCCCCCCCCOc1ccc(Br)cc1Cc1cc(Br)ccc1OCC(C)CCCCCCCCCCCCCC. The van der Waals surface area contributed by atoms with Gasteiger partial charge in [-0.15, -0.1) is 0 Å². The van der Waals surface area contributed by atoms with E-state index in [0.717, 1.165) is 46.5 Å². The van der Waals surface area contributed by atoms with E-state index in [4.69, 9.17) is 9.47 Å². The molecule has 0 saturated carbocycles. The van der Waals surface area contributed by atoms with Crippen molar-refractivity contribution in [3.63, 3.8) is 0 Å². The average Bonchev–Trinajstić information content (AvgIpc) is 3.11. The maximum atomic E-state index is 6.47. The lowest BCUT2D eigenvalue weighted by Crippen LogP contribution is -2.10. The van der Waals surface area contributed by atoms with Crippen molar-refractivity contribution in [2.24, 2.45) is 5.92 Å². The lowest BCUT2D eigenvalue weighted by Gasteiger charge is -2.17. The molecule has 1 atom stereocenters. The van der Waals surface area contributed by atoms with Gasteiger partial charge in [0.1, 0.15) is 11.5 Å². The Bertz CT molecular complexity index is 1070. The van der Waals surface area contributed by atoms with Gasteiger partial charge in [0.05, 0.1) is 13.2 Å². The smallest absolute Gasteiger partial charge is 0.122 e.